The normalized spacial score (nSPS) is 19.2. The Kier molecular flexibility index (Phi) is 4.49. The first-order valence-electron chi connectivity index (χ1n) is 6.38. The van der Waals surface area contributed by atoms with Crippen LogP contribution in [0.2, 0.25) is 0 Å². The fourth-order valence-corrected chi connectivity index (χ4v) is 2.93. The number of anilines is 1. The molecule has 1 atom stereocenters. The summed E-state index contributed by atoms with van der Waals surface area (Å²) in [7, 11) is 0. The van der Waals surface area contributed by atoms with Crippen molar-refractivity contribution in [2.24, 2.45) is 4.99 Å². The van der Waals surface area contributed by atoms with Gasteiger partial charge in [0.25, 0.3) is 0 Å². The molecule has 0 saturated carbocycles. The van der Waals surface area contributed by atoms with E-state index in [1.54, 1.807) is 0 Å². The van der Waals surface area contributed by atoms with Crippen molar-refractivity contribution in [1.82, 2.24) is 0 Å². The third-order valence-corrected chi connectivity index (χ3v) is 3.96. The van der Waals surface area contributed by atoms with Gasteiger partial charge in [-0.3, -0.25) is 4.99 Å². The highest BCUT2D eigenvalue weighted by Gasteiger charge is 2.16. The highest BCUT2D eigenvalue weighted by molar-refractivity contribution is 8.14. The summed E-state index contributed by atoms with van der Waals surface area (Å²) in [5.74, 6) is 1.12. The lowest BCUT2D eigenvalue weighted by Gasteiger charge is -2.06. The fourth-order valence-electron chi connectivity index (χ4n) is 1.86. The van der Waals surface area contributed by atoms with Crippen LogP contribution in [0, 0.1) is 0 Å². The molecule has 17 heavy (non-hydrogen) atoms. The molecule has 1 aromatic rings. The Labute approximate surface area is 108 Å². The minimum Gasteiger partial charge on any atom is -0.335 e. The number of aryl methyl sites for hydroxylation is 1. The average molecular weight is 248 g/mol. The molecule has 2 rings (SSSR count). The quantitative estimate of drug-likeness (QED) is 0.873. The van der Waals surface area contributed by atoms with Crippen molar-refractivity contribution in [2.45, 2.75) is 39.2 Å². The predicted octanol–water partition coefficient (Wildman–Crippen LogP) is 3.93. The van der Waals surface area contributed by atoms with Crippen LogP contribution in [0.25, 0.3) is 0 Å². The second-order valence-electron chi connectivity index (χ2n) is 4.38. The second-order valence-corrected chi connectivity index (χ2v) is 5.39. The van der Waals surface area contributed by atoms with Gasteiger partial charge >= 0.3 is 0 Å². The Hall–Kier alpha value is -0.960. The van der Waals surface area contributed by atoms with Crippen LogP contribution in [0.1, 0.15) is 32.3 Å². The number of benzene rings is 1. The largest absolute Gasteiger partial charge is 0.335 e. The minimum absolute atomic E-state index is 0.502. The maximum absolute atomic E-state index is 4.63. The average Bonchev–Trinajstić information content (AvgIpc) is 2.80. The second kappa shape index (κ2) is 6.10. The highest BCUT2D eigenvalue weighted by Crippen LogP contribution is 2.22. The summed E-state index contributed by atoms with van der Waals surface area (Å²) < 4.78 is 0. The van der Waals surface area contributed by atoms with Crippen LogP contribution in [0.3, 0.4) is 0 Å². The molecule has 0 fully saturated rings. The van der Waals surface area contributed by atoms with E-state index in [4.69, 9.17) is 0 Å². The Morgan fingerprint density at radius 3 is 2.65 bits per heavy atom. The summed E-state index contributed by atoms with van der Waals surface area (Å²) in [4.78, 5) is 4.63. The van der Waals surface area contributed by atoms with E-state index < -0.39 is 0 Å². The molecule has 0 aliphatic carbocycles. The number of nitrogens with zero attached hydrogens (tertiary/aromatic N) is 1. The Morgan fingerprint density at radius 2 is 2.06 bits per heavy atom. The molecule has 92 valence electrons. The van der Waals surface area contributed by atoms with Crippen LogP contribution in [0.15, 0.2) is 29.3 Å². The summed E-state index contributed by atoms with van der Waals surface area (Å²) in [6.07, 6.45) is 3.50. The number of aliphatic imine (C=N–C) groups is 1. The summed E-state index contributed by atoms with van der Waals surface area (Å²) in [6, 6.07) is 9.19. The standard InChI is InChI=1S/C14H20N2S/c1-3-5-11-6-8-13(9-7-11)16-14-15-12(4-2)10-17-14/h6-9,12H,3-5,10H2,1-2H3,(H,15,16). The van der Waals surface area contributed by atoms with Gasteiger partial charge in [0.15, 0.2) is 5.17 Å². The van der Waals surface area contributed by atoms with Crippen LogP contribution >= 0.6 is 11.8 Å². The van der Waals surface area contributed by atoms with Gasteiger partial charge in [0.1, 0.15) is 0 Å². The van der Waals surface area contributed by atoms with Crippen LogP contribution in [0.5, 0.6) is 0 Å². The van der Waals surface area contributed by atoms with Crippen molar-refractivity contribution in [3.8, 4) is 0 Å². The Morgan fingerprint density at radius 1 is 1.29 bits per heavy atom. The van der Waals surface area contributed by atoms with Crippen molar-refractivity contribution < 1.29 is 0 Å². The van der Waals surface area contributed by atoms with Crippen molar-refractivity contribution in [2.75, 3.05) is 11.1 Å². The Bertz CT molecular complexity index is 384. The molecule has 0 bridgehead atoms. The van der Waals surface area contributed by atoms with E-state index in [0.29, 0.717) is 6.04 Å². The van der Waals surface area contributed by atoms with Crippen molar-refractivity contribution in [1.29, 1.82) is 0 Å². The molecule has 1 N–H and O–H groups in total. The zero-order valence-electron chi connectivity index (χ0n) is 10.6. The lowest BCUT2D eigenvalue weighted by atomic mass is 10.1. The monoisotopic (exact) mass is 248 g/mol. The fraction of sp³-hybridized carbons (Fsp3) is 0.500. The van der Waals surface area contributed by atoms with Gasteiger partial charge in [-0.15, -0.1) is 0 Å². The molecule has 0 radical (unpaired) electrons. The first-order chi connectivity index (χ1) is 8.31. The smallest absolute Gasteiger partial charge is 0.161 e. The summed E-state index contributed by atoms with van der Waals surface area (Å²) >= 11 is 1.82. The third-order valence-electron chi connectivity index (χ3n) is 2.93. The van der Waals surface area contributed by atoms with E-state index in [1.165, 1.54) is 12.0 Å². The molecule has 0 amide bonds. The molecule has 1 aromatic carbocycles. The van der Waals surface area contributed by atoms with Crippen molar-refractivity contribution in [3.05, 3.63) is 29.8 Å². The van der Waals surface area contributed by atoms with Gasteiger partial charge in [-0.1, -0.05) is 44.2 Å². The first kappa shape index (κ1) is 12.5. The van der Waals surface area contributed by atoms with Gasteiger partial charge in [-0.25, -0.2) is 0 Å². The summed E-state index contributed by atoms with van der Waals surface area (Å²) in [5, 5.41) is 4.46. The molecular weight excluding hydrogens is 228 g/mol. The molecule has 3 heteroatoms. The number of hydrogen-bond acceptors (Lipinski definition) is 3. The molecule has 1 heterocycles. The van der Waals surface area contributed by atoms with Crippen molar-refractivity contribution in [3.63, 3.8) is 0 Å². The molecular formula is C14H20N2S. The lowest BCUT2D eigenvalue weighted by Crippen LogP contribution is -2.05. The summed E-state index contributed by atoms with van der Waals surface area (Å²) in [6.45, 7) is 4.40. The van der Waals surface area contributed by atoms with Gasteiger partial charge in [0.2, 0.25) is 0 Å². The van der Waals surface area contributed by atoms with Crippen LogP contribution < -0.4 is 5.32 Å². The number of rotatable bonds is 4. The molecule has 2 nitrogen and oxygen atoms in total. The van der Waals surface area contributed by atoms with Gasteiger partial charge in [0.05, 0.1) is 6.04 Å². The van der Waals surface area contributed by atoms with Gasteiger partial charge in [-0.05, 0) is 30.5 Å². The predicted molar refractivity (Wildman–Crippen MR) is 78.0 cm³/mol. The maximum atomic E-state index is 4.63. The number of thioether (sulfide) groups is 1. The van der Waals surface area contributed by atoms with Crippen LogP contribution in [-0.4, -0.2) is 17.0 Å². The van der Waals surface area contributed by atoms with E-state index in [9.17, 15) is 0 Å². The number of nitrogens with one attached hydrogen (secondary N) is 1. The molecule has 0 spiro atoms. The minimum atomic E-state index is 0.502. The van der Waals surface area contributed by atoms with Crippen LogP contribution in [0.4, 0.5) is 5.69 Å². The van der Waals surface area contributed by atoms with Crippen molar-refractivity contribution >= 4 is 22.6 Å². The zero-order valence-corrected chi connectivity index (χ0v) is 11.4. The third kappa shape index (κ3) is 3.50. The van der Waals surface area contributed by atoms with Crippen LogP contribution in [-0.2, 0) is 6.42 Å². The van der Waals surface area contributed by atoms with E-state index in [2.05, 4.69) is 48.4 Å². The first-order valence-corrected chi connectivity index (χ1v) is 7.37. The van der Waals surface area contributed by atoms with E-state index >= 15 is 0 Å². The topological polar surface area (TPSA) is 24.4 Å². The molecule has 0 saturated heterocycles. The SMILES string of the molecule is CCCc1ccc(NC2=NC(CC)CS2)cc1. The van der Waals surface area contributed by atoms with E-state index in [1.807, 2.05) is 11.8 Å². The Balaban J connectivity index is 1.95. The van der Waals surface area contributed by atoms with Gasteiger partial charge in [0, 0.05) is 11.4 Å². The lowest BCUT2D eigenvalue weighted by molar-refractivity contribution is 0.738. The highest BCUT2D eigenvalue weighted by atomic mass is 32.2. The molecule has 1 aliphatic rings. The van der Waals surface area contributed by atoms with E-state index in [-0.39, 0.29) is 0 Å². The van der Waals surface area contributed by atoms with E-state index in [0.717, 1.165) is 29.4 Å². The van der Waals surface area contributed by atoms with Gasteiger partial charge < -0.3 is 5.32 Å². The number of hydrogen-bond donors (Lipinski definition) is 1. The maximum Gasteiger partial charge on any atom is 0.161 e. The van der Waals surface area contributed by atoms with Gasteiger partial charge in [-0.2, -0.15) is 0 Å². The molecule has 0 aromatic heterocycles. The number of amidine groups is 1. The molecule has 1 unspecified atom stereocenters. The zero-order chi connectivity index (χ0) is 12.1. The summed E-state index contributed by atoms with van der Waals surface area (Å²) in [5.41, 5.74) is 2.55. The molecule has 1 aliphatic heterocycles.